The van der Waals surface area contributed by atoms with Crippen LogP contribution in [0.2, 0.25) is 0 Å². The molecule has 0 amide bonds. The number of allylic oxidation sites excluding steroid dienone is 12. The van der Waals surface area contributed by atoms with Gasteiger partial charge in [0.05, 0.1) is 0 Å². The monoisotopic (exact) mass is 450 g/mol. The van der Waals surface area contributed by atoms with E-state index in [1.807, 2.05) is 6.56 Å². The zero-order chi connectivity index (χ0) is 15.5. The maximum absolute atomic E-state index is 2.53. The first-order chi connectivity index (χ1) is 11.4. The molecular weight excluding hydrogens is 426 g/mol. The van der Waals surface area contributed by atoms with E-state index in [0.29, 0.717) is 0 Å². The van der Waals surface area contributed by atoms with Crippen LogP contribution < -0.4 is 24.8 Å². The van der Waals surface area contributed by atoms with Crippen molar-refractivity contribution in [1.29, 1.82) is 0 Å². The van der Waals surface area contributed by atoms with Gasteiger partial charge in [0, 0.05) is 0 Å². The van der Waals surface area contributed by atoms with Crippen LogP contribution in [0.4, 0.5) is 0 Å². The van der Waals surface area contributed by atoms with Crippen molar-refractivity contribution in [3.63, 3.8) is 0 Å². The van der Waals surface area contributed by atoms with Crippen LogP contribution in [0.1, 0.15) is 64.2 Å². The van der Waals surface area contributed by atoms with E-state index in [4.69, 9.17) is 0 Å². The molecule has 0 heterocycles. The first kappa shape index (κ1) is 21.2. The molecule has 0 fully saturated rings. The zero-order valence-corrected chi connectivity index (χ0v) is 18.8. The summed E-state index contributed by atoms with van der Waals surface area (Å²) in [4.78, 5) is 0. The van der Waals surface area contributed by atoms with Gasteiger partial charge in [-0.05, 0) is 0 Å². The third kappa shape index (κ3) is 5.00. The van der Waals surface area contributed by atoms with Crippen molar-refractivity contribution in [2.24, 2.45) is 0 Å². The van der Waals surface area contributed by atoms with E-state index in [0.717, 1.165) is 0 Å². The second-order valence-corrected chi connectivity index (χ2v) is 10.7. The van der Waals surface area contributed by atoms with Gasteiger partial charge in [-0.15, -0.1) is 0 Å². The Kier molecular flexibility index (Phi) is 8.73. The largest absolute Gasteiger partial charge is 1.00 e. The molecule has 0 saturated heterocycles. The van der Waals surface area contributed by atoms with Gasteiger partial charge in [0.15, 0.2) is 0 Å². The summed E-state index contributed by atoms with van der Waals surface area (Å²) in [6.07, 6.45) is 28.1. The van der Waals surface area contributed by atoms with Crippen molar-refractivity contribution < 1.29 is 48.0 Å². The number of halogens is 2. The van der Waals surface area contributed by atoms with Crippen LogP contribution in [0, 0.1) is 0 Å². The van der Waals surface area contributed by atoms with Gasteiger partial charge < -0.3 is 24.8 Å². The van der Waals surface area contributed by atoms with E-state index in [1.165, 1.54) is 64.2 Å². The second-order valence-electron chi connectivity index (χ2n) is 7.07. The van der Waals surface area contributed by atoms with E-state index in [-0.39, 0.29) is 24.8 Å². The van der Waals surface area contributed by atoms with Gasteiger partial charge in [0.2, 0.25) is 0 Å². The molecule has 0 unspecified atom stereocenters. The number of hydrogen-bond donors (Lipinski definition) is 0. The summed E-state index contributed by atoms with van der Waals surface area (Å²) < 4.78 is 3.68. The van der Waals surface area contributed by atoms with Gasteiger partial charge in [0.25, 0.3) is 0 Å². The molecule has 0 aromatic heterocycles. The molecule has 0 bridgehead atoms. The summed E-state index contributed by atoms with van der Waals surface area (Å²) in [7, 11) is 0. The predicted octanol–water partition coefficient (Wildman–Crippen LogP) is 0.506. The minimum Gasteiger partial charge on any atom is -1.00 e. The van der Waals surface area contributed by atoms with Crippen LogP contribution in [0.5, 0.6) is 0 Å². The first-order valence-electron chi connectivity index (χ1n) is 9.37. The van der Waals surface area contributed by atoms with Crippen molar-refractivity contribution in [3.8, 4) is 0 Å². The SMILES string of the molecule is C1=CC(C2=CCCCC2)=[C]([Zr+2][C]2=C(C3=CCCCC3)C=CC2)C1.[Cl-].[Cl-]. The van der Waals surface area contributed by atoms with Gasteiger partial charge >= 0.3 is 153 Å². The fourth-order valence-corrected chi connectivity index (χ4v) is 8.03. The van der Waals surface area contributed by atoms with Crippen molar-refractivity contribution in [2.75, 3.05) is 0 Å². The van der Waals surface area contributed by atoms with Crippen LogP contribution in [-0.4, -0.2) is 0 Å². The van der Waals surface area contributed by atoms with Crippen molar-refractivity contribution in [2.45, 2.75) is 64.2 Å². The summed E-state index contributed by atoms with van der Waals surface area (Å²) in [6.45, 7) is 0. The summed E-state index contributed by atoms with van der Waals surface area (Å²) in [5.74, 6) is 0. The summed E-state index contributed by atoms with van der Waals surface area (Å²) in [5, 5.41) is 0. The van der Waals surface area contributed by atoms with Crippen LogP contribution >= 0.6 is 0 Å². The Balaban J connectivity index is 0.00000113. The Morgan fingerprint density at radius 3 is 1.52 bits per heavy atom. The topological polar surface area (TPSA) is 0 Å². The Labute approximate surface area is 176 Å². The standard InChI is InChI=1S/2C11H13.2ClH.Zr/c2*1-2-6-10(7-3-1)11-8-4-5-9-11;;;/h2*4,6,8H,1-3,5,7H2;2*1H;/q;;;;+2/p-2. The van der Waals surface area contributed by atoms with Gasteiger partial charge in [-0.2, -0.15) is 0 Å². The molecule has 0 aliphatic heterocycles. The van der Waals surface area contributed by atoms with Gasteiger partial charge in [-0.1, -0.05) is 0 Å². The predicted molar refractivity (Wildman–Crippen MR) is 94.7 cm³/mol. The number of rotatable bonds is 4. The molecular formula is C22H26Cl2Zr. The third-order valence-corrected chi connectivity index (χ3v) is 9.25. The van der Waals surface area contributed by atoms with E-state index in [2.05, 4.69) is 36.5 Å². The molecule has 4 aliphatic carbocycles. The minimum atomic E-state index is -0.596. The fourth-order valence-electron chi connectivity index (χ4n) is 4.20. The molecule has 0 aromatic carbocycles. The molecule has 0 atom stereocenters. The van der Waals surface area contributed by atoms with E-state index < -0.39 is 23.2 Å². The molecule has 3 heteroatoms. The molecule has 0 nitrogen and oxygen atoms in total. The molecule has 0 radical (unpaired) electrons. The van der Waals surface area contributed by atoms with Crippen LogP contribution in [0.3, 0.4) is 0 Å². The second kappa shape index (κ2) is 10.3. The minimum absolute atomic E-state index is 0. The Hall–Kier alpha value is -0.0969. The van der Waals surface area contributed by atoms with Gasteiger partial charge in [0.1, 0.15) is 0 Å². The average Bonchev–Trinajstić information content (AvgIpc) is 3.26. The van der Waals surface area contributed by atoms with Crippen molar-refractivity contribution >= 4 is 0 Å². The first-order valence-corrected chi connectivity index (χ1v) is 11.8. The Morgan fingerprint density at radius 2 is 1.12 bits per heavy atom. The molecule has 0 spiro atoms. The van der Waals surface area contributed by atoms with E-state index in [1.54, 1.807) is 22.3 Å². The maximum Gasteiger partial charge on any atom is -1.00 e. The molecule has 0 N–H and O–H groups in total. The van der Waals surface area contributed by atoms with Crippen LogP contribution in [-0.2, 0) is 23.2 Å². The van der Waals surface area contributed by atoms with Crippen LogP contribution in [0.25, 0.3) is 0 Å². The zero-order valence-electron chi connectivity index (χ0n) is 14.8. The molecule has 132 valence electrons. The normalized spacial score (nSPS) is 22.2. The number of hydrogen-bond acceptors (Lipinski definition) is 0. The molecule has 0 saturated carbocycles. The molecule has 0 aromatic rings. The average molecular weight is 453 g/mol. The summed E-state index contributed by atoms with van der Waals surface area (Å²) in [5.41, 5.74) is 6.66. The quantitative estimate of drug-likeness (QED) is 0.583. The smallest absolute Gasteiger partial charge is 1.00 e. The maximum atomic E-state index is 2.53. The summed E-state index contributed by atoms with van der Waals surface area (Å²) >= 11 is -0.596. The summed E-state index contributed by atoms with van der Waals surface area (Å²) in [6, 6.07) is 0. The molecule has 4 aliphatic rings. The Morgan fingerprint density at radius 1 is 0.640 bits per heavy atom. The van der Waals surface area contributed by atoms with Gasteiger partial charge in [-0.25, -0.2) is 0 Å². The molecule has 4 rings (SSSR count). The fraction of sp³-hybridized carbons (Fsp3) is 0.455. The Bertz CT molecular complexity index is 616. The van der Waals surface area contributed by atoms with Gasteiger partial charge in [-0.3, -0.25) is 0 Å². The van der Waals surface area contributed by atoms with Crippen LogP contribution in [0.15, 0.2) is 65.3 Å². The van der Waals surface area contributed by atoms with E-state index >= 15 is 0 Å². The van der Waals surface area contributed by atoms with E-state index in [9.17, 15) is 0 Å². The third-order valence-electron chi connectivity index (χ3n) is 5.44. The van der Waals surface area contributed by atoms with Crippen molar-refractivity contribution in [1.82, 2.24) is 0 Å². The van der Waals surface area contributed by atoms with Crippen molar-refractivity contribution in [3.05, 3.63) is 65.3 Å². The molecule has 25 heavy (non-hydrogen) atoms.